The summed E-state index contributed by atoms with van der Waals surface area (Å²) in [4.78, 5) is 12.1. The Balaban J connectivity index is 1.22. The van der Waals surface area contributed by atoms with Crippen molar-refractivity contribution in [1.82, 2.24) is 20.2 Å². The third kappa shape index (κ3) is 3.90. The summed E-state index contributed by atoms with van der Waals surface area (Å²) in [5.74, 6) is 0.902. The van der Waals surface area contributed by atoms with Crippen molar-refractivity contribution in [3.8, 4) is 11.3 Å². The first kappa shape index (κ1) is 22.2. The Labute approximate surface area is 207 Å². The van der Waals surface area contributed by atoms with Gasteiger partial charge in [0.1, 0.15) is 11.3 Å². The molecule has 35 heavy (non-hydrogen) atoms. The Kier molecular flexibility index (Phi) is 5.18. The Morgan fingerprint density at radius 1 is 1.03 bits per heavy atom. The number of hydrogen-bond acceptors (Lipinski definition) is 5. The van der Waals surface area contributed by atoms with Crippen LogP contribution in [-0.2, 0) is 18.3 Å². The van der Waals surface area contributed by atoms with E-state index in [4.69, 9.17) is 15.7 Å². The van der Waals surface area contributed by atoms with E-state index in [0.717, 1.165) is 61.4 Å². The van der Waals surface area contributed by atoms with E-state index in [1.165, 1.54) is 16.7 Å². The first-order valence-electron chi connectivity index (χ1n) is 12.7. The molecule has 2 aromatic heterocycles. The Morgan fingerprint density at radius 2 is 1.80 bits per heavy atom. The molecular formula is C29H34N6. The fourth-order valence-electron chi connectivity index (χ4n) is 5.90. The standard InChI is InChI=1S/C29H34N6/c1-28(2,3)22-10-6-9-20(15-22)25-26-27(34-33-25)32-24(18-31-26)35-13-11-29(12-14-35)17-21-8-5-4-7-19(21)16-23(29)30/h4-10,15,18,23H,11-14,16-17,30H2,1-3H3,(H,32,33,34)/t23-/m1/s1. The highest BCUT2D eigenvalue weighted by atomic mass is 15.2. The molecule has 0 unspecified atom stereocenters. The lowest BCUT2D eigenvalue weighted by atomic mass is 9.63. The van der Waals surface area contributed by atoms with Crippen LogP contribution in [0.3, 0.4) is 0 Å². The summed E-state index contributed by atoms with van der Waals surface area (Å²) in [6.07, 6.45) is 6.12. The molecule has 0 bridgehead atoms. The van der Waals surface area contributed by atoms with Crippen LogP contribution >= 0.6 is 0 Å². The van der Waals surface area contributed by atoms with Crippen molar-refractivity contribution in [3.05, 3.63) is 71.4 Å². The average Bonchev–Trinajstić information content (AvgIpc) is 3.28. The highest BCUT2D eigenvalue weighted by molar-refractivity contribution is 5.88. The van der Waals surface area contributed by atoms with Gasteiger partial charge >= 0.3 is 0 Å². The maximum absolute atomic E-state index is 6.75. The van der Waals surface area contributed by atoms with E-state index in [9.17, 15) is 0 Å². The van der Waals surface area contributed by atoms with Crippen molar-refractivity contribution in [2.24, 2.45) is 11.1 Å². The monoisotopic (exact) mass is 466 g/mol. The van der Waals surface area contributed by atoms with Gasteiger partial charge in [-0.05, 0) is 59.3 Å². The van der Waals surface area contributed by atoms with Gasteiger partial charge in [0.25, 0.3) is 0 Å². The zero-order valence-electron chi connectivity index (χ0n) is 20.9. The predicted molar refractivity (Wildman–Crippen MR) is 142 cm³/mol. The molecule has 1 fully saturated rings. The smallest absolute Gasteiger partial charge is 0.202 e. The van der Waals surface area contributed by atoms with Gasteiger partial charge in [0.15, 0.2) is 0 Å². The van der Waals surface area contributed by atoms with Crippen LogP contribution < -0.4 is 10.6 Å². The fourth-order valence-corrected chi connectivity index (χ4v) is 5.90. The summed E-state index contributed by atoms with van der Waals surface area (Å²) in [5, 5.41) is 7.71. The van der Waals surface area contributed by atoms with Gasteiger partial charge in [-0.3, -0.25) is 5.10 Å². The highest BCUT2D eigenvalue weighted by Crippen LogP contribution is 2.43. The second-order valence-corrected chi connectivity index (χ2v) is 11.4. The quantitative estimate of drug-likeness (QED) is 0.433. The summed E-state index contributed by atoms with van der Waals surface area (Å²) >= 11 is 0. The number of nitrogens with two attached hydrogens (primary N) is 1. The van der Waals surface area contributed by atoms with Crippen molar-refractivity contribution in [3.63, 3.8) is 0 Å². The lowest BCUT2D eigenvalue weighted by molar-refractivity contribution is 0.154. The minimum absolute atomic E-state index is 0.0826. The first-order chi connectivity index (χ1) is 16.8. The van der Waals surface area contributed by atoms with Crippen molar-refractivity contribution < 1.29 is 0 Å². The van der Waals surface area contributed by atoms with Gasteiger partial charge in [-0.25, -0.2) is 9.97 Å². The van der Waals surface area contributed by atoms with Crippen molar-refractivity contribution in [1.29, 1.82) is 0 Å². The zero-order valence-corrected chi connectivity index (χ0v) is 20.9. The number of anilines is 1. The van der Waals surface area contributed by atoms with E-state index >= 15 is 0 Å². The maximum atomic E-state index is 6.75. The predicted octanol–water partition coefficient (Wildman–Crippen LogP) is 5.03. The van der Waals surface area contributed by atoms with Crippen LogP contribution in [0, 0.1) is 5.41 Å². The van der Waals surface area contributed by atoms with Crippen molar-refractivity contribution in [2.75, 3.05) is 18.0 Å². The average molecular weight is 467 g/mol. The number of H-pyrrole nitrogens is 1. The summed E-state index contributed by atoms with van der Waals surface area (Å²) < 4.78 is 0. The number of nitrogens with zero attached hydrogens (tertiary/aromatic N) is 4. The van der Waals surface area contributed by atoms with E-state index in [1.807, 2.05) is 6.20 Å². The molecule has 6 nitrogen and oxygen atoms in total. The van der Waals surface area contributed by atoms with E-state index in [1.54, 1.807) is 0 Å². The number of aromatic nitrogens is 4. The molecule has 0 amide bonds. The van der Waals surface area contributed by atoms with Gasteiger partial charge in [0, 0.05) is 24.7 Å². The molecule has 6 heteroatoms. The largest absolute Gasteiger partial charge is 0.355 e. The maximum Gasteiger partial charge on any atom is 0.202 e. The van der Waals surface area contributed by atoms with E-state index in [0.29, 0.717) is 5.65 Å². The van der Waals surface area contributed by atoms with Crippen LogP contribution in [0.5, 0.6) is 0 Å². The molecule has 0 radical (unpaired) electrons. The molecule has 1 aliphatic carbocycles. The van der Waals surface area contributed by atoms with Crippen molar-refractivity contribution >= 4 is 17.0 Å². The number of nitrogens with one attached hydrogen (secondary N) is 1. The van der Waals surface area contributed by atoms with Crippen molar-refractivity contribution in [2.45, 2.75) is 57.9 Å². The number of rotatable bonds is 2. The highest BCUT2D eigenvalue weighted by Gasteiger charge is 2.43. The molecule has 1 aliphatic heterocycles. The summed E-state index contributed by atoms with van der Waals surface area (Å²) in [7, 11) is 0. The molecule has 1 saturated heterocycles. The molecule has 4 aromatic rings. The molecule has 3 heterocycles. The SMILES string of the molecule is CC(C)(C)c1cccc(-c2[nH]nc3nc(N4CCC5(CC4)Cc4ccccc4C[C@H]5N)cnc23)c1. The first-order valence-corrected chi connectivity index (χ1v) is 12.7. The Bertz CT molecular complexity index is 1370. The molecule has 2 aromatic carbocycles. The number of benzene rings is 2. The normalized spacial score (nSPS) is 19.8. The van der Waals surface area contributed by atoms with Gasteiger partial charge in [-0.1, -0.05) is 63.2 Å². The third-order valence-electron chi connectivity index (χ3n) is 8.24. The Morgan fingerprint density at radius 3 is 2.57 bits per heavy atom. The van der Waals surface area contributed by atoms with Gasteiger partial charge < -0.3 is 10.6 Å². The molecule has 0 saturated carbocycles. The van der Waals surface area contributed by atoms with Gasteiger partial charge in [0.2, 0.25) is 5.65 Å². The number of piperidine rings is 1. The molecule has 2 aliphatic rings. The number of hydrogen-bond donors (Lipinski definition) is 2. The zero-order chi connectivity index (χ0) is 24.2. The van der Waals surface area contributed by atoms with Gasteiger partial charge in [-0.2, -0.15) is 5.10 Å². The molecule has 1 spiro atoms. The van der Waals surface area contributed by atoms with Crippen LogP contribution in [0.15, 0.2) is 54.7 Å². The number of aromatic amines is 1. The molecule has 6 rings (SSSR count). The third-order valence-corrected chi connectivity index (χ3v) is 8.24. The van der Waals surface area contributed by atoms with E-state index in [2.05, 4.69) is 84.4 Å². The fraction of sp³-hybridized carbons (Fsp3) is 0.414. The van der Waals surface area contributed by atoms with Crippen LogP contribution in [0.1, 0.15) is 50.3 Å². The van der Waals surface area contributed by atoms with Gasteiger partial charge in [0.05, 0.1) is 11.9 Å². The summed E-state index contributed by atoms with van der Waals surface area (Å²) in [6.45, 7) is 8.57. The number of fused-ring (bicyclic) bond motifs is 2. The summed E-state index contributed by atoms with van der Waals surface area (Å²) in [6, 6.07) is 17.6. The van der Waals surface area contributed by atoms with Crippen LogP contribution in [0.2, 0.25) is 0 Å². The van der Waals surface area contributed by atoms with E-state index in [-0.39, 0.29) is 16.9 Å². The van der Waals surface area contributed by atoms with E-state index < -0.39 is 0 Å². The molecule has 180 valence electrons. The lowest BCUT2D eigenvalue weighted by Crippen LogP contribution is -2.54. The van der Waals surface area contributed by atoms with Gasteiger partial charge in [-0.15, -0.1) is 0 Å². The van der Waals surface area contributed by atoms with Crippen LogP contribution in [0.4, 0.5) is 5.82 Å². The minimum Gasteiger partial charge on any atom is -0.355 e. The topological polar surface area (TPSA) is 83.7 Å². The summed E-state index contributed by atoms with van der Waals surface area (Å²) in [5.41, 5.74) is 14.7. The second-order valence-electron chi connectivity index (χ2n) is 11.4. The molecule has 1 atom stereocenters. The minimum atomic E-state index is 0.0826. The second kappa shape index (κ2) is 8.16. The molecule has 3 N–H and O–H groups in total. The molecular weight excluding hydrogens is 432 g/mol. The Hall–Kier alpha value is -3.25. The van der Waals surface area contributed by atoms with Crippen LogP contribution in [-0.4, -0.2) is 39.3 Å². The van der Waals surface area contributed by atoms with Crippen LogP contribution in [0.25, 0.3) is 22.4 Å². The lowest BCUT2D eigenvalue weighted by Gasteiger charge is -2.48.